The molecule has 1 aliphatic rings. The second-order valence-corrected chi connectivity index (χ2v) is 4.96. The lowest BCUT2D eigenvalue weighted by Crippen LogP contribution is -2.45. The maximum atomic E-state index is 5.66. The van der Waals surface area contributed by atoms with Crippen LogP contribution in [0.5, 0.6) is 0 Å². The van der Waals surface area contributed by atoms with Gasteiger partial charge >= 0.3 is 0 Å². The number of hydrogen-bond acceptors (Lipinski definition) is 3. The Labute approximate surface area is 116 Å². The Morgan fingerprint density at radius 1 is 1.28 bits per heavy atom. The van der Waals surface area contributed by atoms with Crippen molar-refractivity contribution in [3.05, 3.63) is 34.9 Å². The van der Waals surface area contributed by atoms with Crippen molar-refractivity contribution in [3.63, 3.8) is 0 Å². The molecule has 102 valence electrons. The fourth-order valence-corrected chi connectivity index (χ4v) is 2.49. The van der Waals surface area contributed by atoms with Crippen molar-refractivity contribution in [1.82, 2.24) is 4.90 Å². The zero-order valence-electron chi connectivity index (χ0n) is 11.2. The van der Waals surface area contributed by atoms with Crippen LogP contribution in [0.15, 0.2) is 18.2 Å². The van der Waals surface area contributed by atoms with Crippen molar-refractivity contribution in [2.75, 3.05) is 26.2 Å². The molecule has 18 heavy (non-hydrogen) atoms. The first kappa shape index (κ1) is 15.4. The Kier molecular flexibility index (Phi) is 6.09. The van der Waals surface area contributed by atoms with Crippen LogP contribution >= 0.6 is 12.4 Å². The first-order valence-electron chi connectivity index (χ1n) is 6.28. The summed E-state index contributed by atoms with van der Waals surface area (Å²) in [6.45, 7) is 8.67. The molecule has 4 heteroatoms. The van der Waals surface area contributed by atoms with Crippen molar-refractivity contribution in [3.8, 4) is 0 Å². The predicted octanol–water partition coefficient (Wildman–Crippen LogP) is 1.88. The van der Waals surface area contributed by atoms with Crippen LogP contribution in [-0.4, -0.2) is 37.2 Å². The minimum atomic E-state index is 0. The second-order valence-electron chi connectivity index (χ2n) is 4.96. The standard InChI is InChI=1S/C14H22N2O.ClH/c1-11-5-12(2)7-13(6-11)9-16-3-4-17-14(8-15)10-16;/h5-7,14H,3-4,8-10,15H2,1-2H3;1H. The van der Waals surface area contributed by atoms with E-state index < -0.39 is 0 Å². The van der Waals surface area contributed by atoms with Gasteiger partial charge < -0.3 is 10.5 Å². The van der Waals surface area contributed by atoms with Gasteiger partial charge in [0.25, 0.3) is 0 Å². The average molecular weight is 271 g/mol. The van der Waals surface area contributed by atoms with Gasteiger partial charge in [0.1, 0.15) is 0 Å². The Bertz CT molecular complexity index is 364. The van der Waals surface area contributed by atoms with Gasteiger partial charge in [0.15, 0.2) is 0 Å². The van der Waals surface area contributed by atoms with Gasteiger partial charge in [-0.2, -0.15) is 0 Å². The number of nitrogens with zero attached hydrogens (tertiary/aromatic N) is 1. The summed E-state index contributed by atoms with van der Waals surface area (Å²) in [6, 6.07) is 6.74. The molecule has 1 atom stereocenters. The largest absolute Gasteiger partial charge is 0.374 e. The molecule has 1 unspecified atom stereocenters. The van der Waals surface area contributed by atoms with E-state index in [2.05, 4.69) is 36.9 Å². The van der Waals surface area contributed by atoms with E-state index in [0.29, 0.717) is 6.54 Å². The number of rotatable bonds is 3. The third-order valence-electron chi connectivity index (χ3n) is 3.17. The molecule has 1 aromatic carbocycles. The van der Waals surface area contributed by atoms with Gasteiger partial charge in [-0.15, -0.1) is 12.4 Å². The van der Waals surface area contributed by atoms with E-state index in [1.807, 2.05) is 0 Å². The molecule has 0 aliphatic carbocycles. The molecule has 1 fully saturated rings. The lowest BCUT2D eigenvalue weighted by atomic mass is 10.1. The van der Waals surface area contributed by atoms with Crippen molar-refractivity contribution >= 4 is 12.4 Å². The summed E-state index contributed by atoms with van der Waals surface area (Å²) in [4.78, 5) is 2.43. The normalized spacial score (nSPS) is 20.5. The molecule has 0 amide bonds. The van der Waals surface area contributed by atoms with Gasteiger partial charge in [0.2, 0.25) is 0 Å². The van der Waals surface area contributed by atoms with Crippen molar-refractivity contribution in [2.45, 2.75) is 26.5 Å². The molecule has 2 N–H and O–H groups in total. The molecule has 1 heterocycles. The van der Waals surface area contributed by atoms with E-state index in [9.17, 15) is 0 Å². The first-order valence-corrected chi connectivity index (χ1v) is 6.28. The molecule has 0 aromatic heterocycles. The Morgan fingerprint density at radius 2 is 1.94 bits per heavy atom. The van der Waals surface area contributed by atoms with Crippen LogP contribution in [0.3, 0.4) is 0 Å². The molecule has 3 nitrogen and oxygen atoms in total. The minimum absolute atomic E-state index is 0. The lowest BCUT2D eigenvalue weighted by Gasteiger charge is -2.32. The molecular formula is C14H23ClN2O. The summed E-state index contributed by atoms with van der Waals surface area (Å²) in [6.07, 6.45) is 0.203. The van der Waals surface area contributed by atoms with Gasteiger partial charge in [-0.1, -0.05) is 29.3 Å². The topological polar surface area (TPSA) is 38.5 Å². The van der Waals surface area contributed by atoms with Crippen LogP contribution in [0.2, 0.25) is 0 Å². The third kappa shape index (κ3) is 4.25. The predicted molar refractivity (Wildman–Crippen MR) is 77.2 cm³/mol. The minimum Gasteiger partial charge on any atom is -0.374 e. The van der Waals surface area contributed by atoms with Gasteiger partial charge in [-0.25, -0.2) is 0 Å². The molecule has 0 bridgehead atoms. The molecule has 0 spiro atoms. The van der Waals surface area contributed by atoms with Gasteiger partial charge in [0, 0.05) is 26.2 Å². The zero-order valence-corrected chi connectivity index (χ0v) is 12.0. The van der Waals surface area contributed by atoms with Gasteiger partial charge in [-0.3, -0.25) is 4.90 Å². The van der Waals surface area contributed by atoms with E-state index in [-0.39, 0.29) is 18.5 Å². The van der Waals surface area contributed by atoms with Crippen LogP contribution in [0.4, 0.5) is 0 Å². The van der Waals surface area contributed by atoms with E-state index in [0.717, 1.165) is 26.2 Å². The fourth-order valence-electron chi connectivity index (χ4n) is 2.49. The van der Waals surface area contributed by atoms with Crippen molar-refractivity contribution in [1.29, 1.82) is 0 Å². The number of ether oxygens (including phenoxy) is 1. The van der Waals surface area contributed by atoms with Crippen LogP contribution in [0.1, 0.15) is 16.7 Å². The fraction of sp³-hybridized carbons (Fsp3) is 0.571. The highest BCUT2D eigenvalue weighted by Crippen LogP contribution is 2.13. The smallest absolute Gasteiger partial charge is 0.0824 e. The number of halogens is 1. The second kappa shape index (κ2) is 7.10. The number of morpholine rings is 1. The van der Waals surface area contributed by atoms with E-state index in [4.69, 9.17) is 10.5 Å². The summed E-state index contributed by atoms with van der Waals surface area (Å²) in [5.41, 5.74) is 9.72. The quantitative estimate of drug-likeness (QED) is 0.912. The van der Waals surface area contributed by atoms with Crippen LogP contribution in [0, 0.1) is 13.8 Å². The number of aryl methyl sites for hydroxylation is 2. The molecule has 0 saturated carbocycles. The maximum Gasteiger partial charge on any atom is 0.0824 e. The summed E-state index contributed by atoms with van der Waals surface area (Å²) in [5.74, 6) is 0. The van der Waals surface area contributed by atoms with Crippen LogP contribution < -0.4 is 5.73 Å². The molecule has 1 saturated heterocycles. The lowest BCUT2D eigenvalue weighted by molar-refractivity contribution is -0.0260. The highest BCUT2D eigenvalue weighted by Gasteiger charge is 2.19. The highest BCUT2D eigenvalue weighted by atomic mass is 35.5. The van der Waals surface area contributed by atoms with E-state index >= 15 is 0 Å². The number of hydrogen-bond donors (Lipinski definition) is 1. The molecule has 0 radical (unpaired) electrons. The molecule has 2 rings (SSSR count). The maximum absolute atomic E-state index is 5.66. The van der Waals surface area contributed by atoms with Crippen LogP contribution in [0.25, 0.3) is 0 Å². The summed E-state index contributed by atoms with van der Waals surface area (Å²) in [5, 5.41) is 0. The van der Waals surface area contributed by atoms with E-state index in [1.165, 1.54) is 16.7 Å². The monoisotopic (exact) mass is 270 g/mol. The third-order valence-corrected chi connectivity index (χ3v) is 3.17. The summed E-state index contributed by atoms with van der Waals surface area (Å²) >= 11 is 0. The van der Waals surface area contributed by atoms with Crippen LogP contribution in [-0.2, 0) is 11.3 Å². The van der Waals surface area contributed by atoms with Crippen molar-refractivity contribution < 1.29 is 4.74 Å². The highest BCUT2D eigenvalue weighted by molar-refractivity contribution is 5.85. The molecule has 1 aromatic rings. The molecular weight excluding hydrogens is 248 g/mol. The summed E-state index contributed by atoms with van der Waals surface area (Å²) in [7, 11) is 0. The van der Waals surface area contributed by atoms with E-state index in [1.54, 1.807) is 0 Å². The summed E-state index contributed by atoms with van der Waals surface area (Å²) < 4.78 is 5.58. The molecule has 1 aliphatic heterocycles. The van der Waals surface area contributed by atoms with Gasteiger partial charge in [0.05, 0.1) is 12.7 Å². The SMILES string of the molecule is Cc1cc(C)cc(CN2CCOC(CN)C2)c1.Cl. The number of nitrogens with two attached hydrogens (primary N) is 1. The van der Waals surface area contributed by atoms with Gasteiger partial charge in [-0.05, 0) is 19.4 Å². The Morgan fingerprint density at radius 3 is 2.56 bits per heavy atom. The Balaban J connectivity index is 0.00000162. The first-order chi connectivity index (χ1) is 8.17. The Hall–Kier alpha value is -0.610. The zero-order chi connectivity index (χ0) is 12.3. The van der Waals surface area contributed by atoms with Crippen molar-refractivity contribution in [2.24, 2.45) is 5.73 Å². The number of benzene rings is 1. The average Bonchev–Trinajstić information content (AvgIpc) is 2.28.